The van der Waals surface area contributed by atoms with E-state index in [2.05, 4.69) is 5.43 Å². The highest BCUT2D eigenvalue weighted by Crippen LogP contribution is 2.28. The van der Waals surface area contributed by atoms with Gasteiger partial charge in [-0.2, -0.15) is 0 Å². The van der Waals surface area contributed by atoms with Crippen molar-refractivity contribution >= 4 is 23.2 Å². The van der Waals surface area contributed by atoms with Gasteiger partial charge in [0.1, 0.15) is 0 Å². The molecule has 0 aliphatic heterocycles. The number of hydrogen-bond donors (Lipinski definition) is 2. The van der Waals surface area contributed by atoms with Crippen molar-refractivity contribution in [3.63, 3.8) is 0 Å². The number of benzene rings is 1. The summed E-state index contributed by atoms with van der Waals surface area (Å²) in [4.78, 5) is 0. The van der Waals surface area contributed by atoms with Crippen LogP contribution in [0.5, 0.6) is 0 Å². The zero-order valence-electron chi connectivity index (χ0n) is 11.0. The first kappa shape index (κ1) is 15.7. The van der Waals surface area contributed by atoms with Gasteiger partial charge in [-0.15, -0.1) is 0 Å². The summed E-state index contributed by atoms with van der Waals surface area (Å²) in [5.41, 5.74) is 3.37. The van der Waals surface area contributed by atoms with Gasteiger partial charge >= 0.3 is 0 Å². The van der Waals surface area contributed by atoms with E-state index in [0.717, 1.165) is 5.56 Å². The molecule has 1 unspecified atom stereocenters. The fourth-order valence-electron chi connectivity index (χ4n) is 1.90. The minimum atomic E-state index is -0.380. The summed E-state index contributed by atoms with van der Waals surface area (Å²) >= 11 is 12.2. The molecule has 0 amide bonds. The lowest BCUT2D eigenvalue weighted by Gasteiger charge is -2.34. The highest BCUT2D eigenvalue weighted by Gasteiger charge is 2.29. The smallest absolute Gasteiger partial charge is 0.0795 e. The van der Waals surface area contributed by atoms with Crippen LogP contribution in [0.15, 0.2) is 18.2 Å². The van der Waals surface area contributed by atoms with Crippen LogP contribution in [0.3, 0.4) is 0 Å². The molecule has 0 fully saturated rings. The summed E-state index contributed by atoms with van der Waals surface area (Å²) < 4.78 is 5.71. The quantitative estimate of drug-likeness (QED) is 0.625. The van der Waals surface area contributed by atoms with Crippen LogP contribution >= 0.6 is 23.2 Å². The summed E-state index contributed by atoms with van der Waals surface area (Å²) in [5, 5.41) is 1.13. The number of hydrogen-bond acceptors (Lipinski definition) is 3. The Labute approximate surface area is 119 Å². The van der Waals surface area contributed by atoms with Crippen LogP contribution < -0.4 is 11.3 Å². The molecule has 0 saturated heterocycles. The van der Waals surface area contributed by atoms with Gasteiger partial charge in [0.05, 0.1) is 21.7 Å². The number of nitrogens with one attached hydrogen (secondary N) is 1. The first-order valence-electron chi connectivity index (χ1n) is 5.95. The summed E-state index contributed by atoms with van der Waals surface area (Å²) in [7, 11) is 0. The Morgan fingerprint density at radius 1 is 1.39 bits per heavy atom. The molecular weight excluding hydrogens is 271 g/mol. The van der Waals surface area contributed by atoms with Crippen molar-refractivity contribution in [2.24, 2.45) is 5.84 Å². The van der Waals surface area contributed by atoms with Gasteiger partial charge in [-0.05, 0) is 38.8 Å². The molecule has 1 atom stereocenters. The van der Waals surface area contributed by atoms with E-state index in [-0.39, 0.29) is 11.6 Å². The standard InChI is InChI=1S/C13H20Cl2N2O/c1-4-18-13(2,3)11(17-16)8-9-6-5-7-10(14)12(9)15/h5-7,11,17H,4,8,16H2,1-3H3. The summed E-state index contributed by atoms with van der Waals surface area (Å²) in [6.45, 7) is 6.59. The number of ether oxygens (including phenoxy) is 1. The first-order chi connectivity index (χ1) is 8.42. The van der Waals surface area contributed by atoms with Crippen LogP contribution in [0.1, 0.15) is 26.3 Å². The third-order valence-corrected chi connectivity index (χ3v) is 3.87. The van der Waals surface area contributed by atoms with E-state index in [4.69, 9.17) is 33.8 Å². The van der Waals surface area contributed by atoms with E-state index < -0.39 is 0 Å². The monoisotopic (exact) mass is 290 g/mol. The van der Waals surface area contributed by atoms with Gasteiger partial charge in [0.2, 0.25) is 0 Å². The van der Waals surface area contributed by atoms with Crippen LogP contribution in [-0.2, 0) is 11.2 Å². The number of hydrazine groups is 1. The first-order valence-corrected chi connectivity index (χ1v) is 6.71. The predicted octanol–water partition coefficient (Wildman–Crippen LogP) is 3.18. The van der Waals surface area contributed by atoms with Crippen LogP contribution in [-0.4, -0.2) is 18.2 Å². The molecule has 1 aromatic carbocycles. The van der Waals surface area contributed by atoms with Gasteiger partial charge in [-0.1, -0.05) is 35.3 Å². The van der Waals surface area contributed by atoms with Crippen LogP contribution in [0.25, 0.3) is 0 Å². The van der Waals surface area contributed by atoms with Crippen LogP contribution in [0.4, 0.5) is 0 Å². The molecule has 1 rings (SSSR count). The highest BCUT2D eigenvalue weighted by molar-refractivity contribution is 6.42. The molecule has 3 nitrogen and oxygen atoms in total. The lowest BCUT2D eigenvalue weighted by molar-refractivity contribution is -0.0380. The molecule has 18 heavy (non-hydrogen) atoms. The molecule has 5 heteroatoms. The maximum absolute atomic E-state index is 6.18. The van der Waals surface area contributed by atoms with Crippen molar-refractivity contribution in [2.75, 3.05) is 6.61 Å². The zero-order valence-corrected chi connectivity index (χ0v) is 12.5. The van der Waals surface area contributed by atoms with Crippen molar-refractivity contribution in [2.45, 2.75) is 38.8 Å². The van der Waals surface area contributed by atoms with Crippen LogP contribution in [0.2, 0.25) is 10.0 Å². The molecule has 0 saturated carbocycles. The molecule has 0 aliphatic carbocycles. The molecule has 0 heterocycles. The normalized spacial score (nSPS) is 13.7. The largest absolute Gasteiger partial charge is 0.374 e. The lowest BCUT2D eigenvalue weighted by atomic mass is 9.92. The van der Waals surface area contributed by atoms with E-state index in [1.807, 2.05) is 32.9 Å². The van der Waals surface area contributed by atoms with Gasteiger partial charge in [-0.25, -0.2) is 0 Å². The topological polar surface area (TPSA) is 47.3 Å². The average molecular weight is 291 g/mol. The van der Waals surface area contributed by atoms with E-state index in [1.165, 1.54) is 0 Å². The maximum atomic E-state index is 6.18. The lowest BCUT2D eigenvalue weighted by Crippen LogP contribution is -2.52. The molecule has 0 aromatic heterocycles. The molecule has 0 bridgehead atoms. The molecule has 0 radical (unpaired) electrons. The summed E-state index contributed by atoms with van der Waals surface area (Å²) in [6.07, 6.45) is 0.656. The minimum absolute atomic E-state index is 0.0478. The Balaban J connectivity index is 2.89. The van der Waals surface area contributed by atoms with Crippen molar-refractivity contribution < 1.29 is 4.74 Å². The highest BCUT2D eigenvalue weighted by atomic mass is 35.5. The number of nitrogens with two attached hydrogens (primary N) is 1. The van der Waals surface area contributed by atoms with Gasteiger partial charge in [0.15, 0.2) is 0 Å². The molecule has 0 aliphatic rings. The van der Waals surface area contributed by atoms with Crippen molar-refractivity contribution in [1.82, 2.24) is 5.43 Å². The van der Waals surface area contributed by atoms with Gasteiger partial charge in [0, 0.05) is 6.61 Å². The minimum Gasteiger partial charge on any atom is -0.374 e. The summed E-state index contributed by atoms with van der Waals surface area (Å²) in [6, 6.07) is 5.55. The fraction of sp³-hybridized carbons (Fsp3) is 0.538. The second-order valence-electron chi connectivity index (χ2n) is 4.67. The molecule has 102 valence electrons. The Hall–Kier alpha value is -0.320. The second-order valence-corrected chi connectivity index (χ2v) is 5.46. The van der Waals surface area contributed by atoms with Crippen molar-refractivity contribution in [1.29, 1.82) is 0 Å². The van der Waals surface area contributed by atoms with Crippen LogP contribution in [0, 0.1) is 0 Å². The second kappa shape index (κ2) is 6.73. The van der Waals surface area contributed by atoms with Crippen molar-refractivity contribution in [3.05, 3.63) is 33.8 Å². The third kappa shape index (κ3) is 3.84. The van der Waals surface area contributed by atoms with Crippen molar-refractivity contribution in [3.8, 4) is 0 Å². The number of rotatable bonds is 6. The fourth-order valence-corrected chi connectivity index (χ4v) is 2.30. The van der Waals surface area contributed by atoms with Gasteiger partial charge in [0.25, 0.3) is 0 Å². The van der Waals surface area contributed by atoms with E-state index >= 15 is 0 Å². The van der Waals surface area contributed by atoms with Gasteiger partial charge < -0.3 is 4.74 Å². The third-order valence-electron chi connectivity index (χ3n) is 3.01. The van der Waals surface area contributed by atoms with E-state index in [1.54, 1.807) is 6.07 Å². The molecule has 1 aromatic rings. The maximum Gasteiger partial charge on any atom is 0.0795 e. The SMILES string of the molecule is CCOC(C)(C)C(Cc1cccc(Cl)c1Cl)NN. The predicted molar refractivity (Wildman–Crippen MR) is 77.0 cm³/mol. The molecule has 0 spiro atoms. The zero-order chi connectivity index (χ0) is 13.8. The van der Waals surface area contributed by atoms with E-state index in [0.29, 0.717) is 23.1 Å². The Kier molecular flexibility index (Phi) is 5.89. The molecular formula is C13H20Cl2N2O. The Morgan fingerprint density at radius 2 is 2.06 bits per heavy atom. The summed E-state index contributed by atoms with van der Waals surface area (Å²) in [5.74, 6) is 5.62. The van der Waals surface area contributed by atoms with Gasteiger partial charge in [-0.3, -0.25) is 11.3 Å². The number of halogens is 2. The Bertz CT molecular complexity index is 397. The average Bonchev–Trinajstić information content (AvgIpc) is 2.30. The molecule has 3 N–H and O–H groups in total. The Morgan fingerprint density at radius 3 is 2.61 bits per heavy atom. The van der Waals surface area contributed by atoms with E-state index in [9.17, 15) is 0 Å².